The summed E-state index contributed by atoms with van der Waals surface area (Å²) in [6.07, 6.45) is 1.34. The van der Waals surface area contributed by atoms with E-state index in [2.05, 4.69) is 36.6 Å². The number of ether oxygens (including phenoxy) is 2. The molecule has 1 amide bonds. The number of imidazole rings is 1. The van der Waals surface area contributed by atoms with Crippen molar-refractivity contribution in [3.8, 4) is 11.5 Å². The summed E-state index contributed by atoms with van der Waals surface area (Å²) in [5, 5.41) is 0. The van der Waals surface area contributed by atoms with E-state index in [0.717, 1.165) is 46.9 Å². The van der Waals surface area contributed by atoms with Crippen LogP contribution in [0.2, 0.25) is 0 Å². The molecule has 36 heavy (non-hydrogen) atoms. The van der Waals surface area contributed by atoms with Crippen LogP contribution in [-0.4, -0.2) is 40.6 Å². The lowest BCUT2D eigenvalue weighted by Crippen LogP contribution is -2.24. The summed E-state index contributed by atoms with van der Waals surface area (Å²) in [5.74, 6) is 2.97. The monoisotopic (exact) mass is 483 g/mol. The molecule has 0 saturated carbocycles. The summed E-state index contributed by atoms with van der Waals surface area (Å²) in [4.78, 5) is 19.8. The lowest BCUT2D eigenvalue weighted by atomic mass is 10.1. The number of hydrogen-bond acceptors (Lipinski definition) is 4. The molecule has 0 aliphatic carbocycles. The van der Waals surface area contributed by atoms with Gasteiger partial charge in [0.25, 0.3) is 0 Å². The molecule has 1 aliphatic heterocycles. The molecule has 1 aliphatic rings. The van der Waals surface area contributed by atoms with Gasteiger partial charge in [0, 0.05) is 32.0 Å². The zero-order valence-corrected chi connectivity index (χ0v) is 21.2. The Morgan fingerprint density at radius 2 is 1.75 bits per heavy atom. The van der Waals surface area contributed by atoms with Gasteiger partial charge in [-0.25, -0.2) is 4.98 Å². The predicted molar refractivity (Wildman–Crippen MR) is 142 cm³/mol. The highest BCUT2D eigenvalue weighted by atomic mass is 16.5. The number of nitrogens with zero attached hydrogens (tertiary/aromatic N) is 3. The lowest BCUT2D eigenvalue weighted by molar-refractivity contribution is -0.128. The predicted octanol–water partition coefficient (Wildman–Crippen LogP) is 5.65. The Kier molecular flexibility index (Phi) is 6.94. The Morgan fingerprint density at radius 1 is 0.972 bits per heavy atom. The number of fused-ring (bicyclic) bond motifs is 1. The topological polar surface area (TPSA) is 56.6 Å². The molecule has 6 heteroatoms. The largest absolute Gasteiger partial charge is 0.497 e. The average molecular weight is 484 g/mol. The van der Waals surface area contributed by atoms with Gasteiger partial charge in [0.1, 0.15) is 17.3 Å². The molecule has 2 heterocycles. The summed E-state index contributed by atoms with van der Waals surface area (Å²) in [6.45, 7) is 6.91. The Hall–Kier alpha value is -3.80. The molecule has 5 rings (SSSR count). The number of likely N-dealkylation sites (tertiary alicyclic amines) is 1. The van der Waals surface area contributed by atoms with Gasteiger partial charge >= 0.3 is 0 Å². The van der Waals surface area contributed by atoms with E-state index in [0.29, 0.717) is 26.1 Å². The number of rotatable bonds is 9. The second-order valence-corrected chi connectivity index (χ2v) is 9.58. The molecular formula is C30H33N3O3. The zero-order valence-electron chi connectivity index (χ0n) is 21.2. The molecule has 0 bridgehead atoms. The summed E-state index contributed by atoms with van der Waals surface area (Å²) in [5.41, 5.74) is 5.69. The first-order valence-electron chi connectivity index (χ1n) is 12.6. The molecule has 1 fully saturated rings. The molecule has 186 valence electrons. The normalized spacial score (nSPS) is 15.6. The first kappa shape index (κ1) is 23.9. The molecule has 1 aromatic heterocycles. The minimum atomic E-state index is 0.0730. The second kappa shape index (κ2) is 10.4. The summed E-state index contributed by atoms with van der Waals surface area (Å²) in [6, 6.07) is 22.4. The lowest BCUT2D eigenvalue weighted by Gasteiger charge is -2.18. The van der Waals surface area contributed by atoms with E-state index >= 15 is 0 Å². The molecular weight excluding hydrogens is 450 g/mol. The third-order valence-corrected chi connectivity index (χ3v) is 7.07. The maximum atomic E-state index is 12.9. The number of benzene rings is 3. The SMILES string of the molecule is COc1ccc(CN2CC(c3nc4ccccc4n3CCCOc3ccc(C)c(C)c3)CC2=O)cc1. The van der Waals surface area contributed by atoms with E-state index in [1.807, 2.05) is 53.4 Å². The van der Waals surface area contributed by atoms with Crippen LogP contribution < -0.4 is 9.47 Å². The van der Waals surface area contributed by atoms with Crippen molar-refractivity contribution in [2.24, 2.45) is 0 Å². The van der Waals surface area contributed by atoms with Crippen molar-refractivity contribution in [1.82, 2.24) is 14.5 Å². The number of carbonyl (C=O) groups excluding carboxylic acids is 1. The van der Waals surface area contributed by atoms with Gasteiger partial charge in [0.15, 0.2) is 0 Å². The molecule has 4 aromatic rings. The molecule has 1 saturated heterocycles. The van der Waals surface area contributed by atoms with Gasteiger partial charge in [-0.1, -0.05) is 30.3 Å². The van der Waals surface area contributed by atoms with E-state index in [4.69, 9.17) is 14.5 Å². The van der Waals surface area contributed by atoms with Crippen LogP contribution in [0.1, 0.15) is 41.3 Å². The van der Waals surface area contributed by atoms with Crippen LogP contribution in [0.25, 0.3) is 11.0 Å². The van der Waals surface area contributed by atoms with Gasteiger partial charge in [-0.15, -0.1) is 0 Å². The second-order valence-electron chi connectivity index (χ2n) is 9.58. The van der Waals surface area contributed by atoms with Gasteiger partial charge in [-0.2, -0.15) is 0 Å². The third kappa shape index (κ3) is 5.08. The van der Waals surface area contributed by atoms with Crippen molar-refractivity contribution < 1.29 is 14.3 Å². The Balaban J connectivity index is 1.28. The first-order chi connectivity index (χ1) is 17.5. The first-order valence-corrected chi connectivity index (χ1v) is 12.6. The van der Waals surface area contributed by atoms with Crippen molar-refractivity contribution in [1.29, 1.82) is 0 Å². The summed E-state index contributed by atoms with van der Waals surface area (Å²) in [7, 11) is 1.66. The Bertz CT molecular complexity index is 1360. The zero-order chi connectivity index (χ0) is 25.1. The number of para-hydroxylation sites is 2. The van der Waals surface area contributed by atoms with Crippen molar-refractivity contribution in [3.63, 3.8) is 0 Å². The van der Waals surface area contributed by atoms with Crippen molar-refractivity contribution in [2.45, 2.75) is 45.7 Å². The Morgan fingerprint density at radius 3 is 2.53 bits per heavy atom. The molecule has 1 atom stereocenters. The van der Waals surface area contributed by atoms with Gasteiger partial charge in [-0.3, -0.25) is 4.79 Å². The number of carbonyl (C=O) groups is 1. The van der Waals surface area contributed by atoms with E-state index in [-0.39, 0.29) is 11.8 Å². The molecule has 0 spiro atoms. The quantitative estimate of drug-likeness (QED) is 0.289. The smallest absolute Gasteiger partial charge is 0.223 e. The fourth-order valence-electron chi connectivity index (χ4n) is 4.91. The summed E-state index contributed by atoms with van der Waals surface area (Å²) < 4.78 is 13.6. The minimum Gasteiger partial charge on any atom is -0.497 e. The van der Waals surface area contributed by atoms with Crippen LogP contribution in [0.4, 0.5) is 0 Å². The average Bonchev–Trinajstić information content (AvgIpc) is 3.44. The standard InChI is InChI=1S/C30H33N3O3/c1-21-9-12-26(17-22(21)2)36-16-6-15-33-28-8-5-4-7-27(28)31-30(33)24-18-29(34)32(20-24)19-23-10-13-25(35-3)14-11-23/h4-5,7-14,17,24H,6,15-16,18-20H2,1-3H3. The fraction of sp³-hybridized carbons (Fsp3) is 0.333. The summed E-state index contributed by atoms with van der Waals surface area (Å²) >= 11 is 0. The van der Waals surface area contributed by atoms with Crippen LogP contribution >= 0.6 is 0 Å². The highest BCUT2D eigenvalue weighted by molar-refractivity contribution is 5.81. The van der Waals surface area contributed by atoms with Crippen LogP contribution in [-0.2, 0) is 17.9 Å². The van der Waals surface area contributed by atoms with Gasteiger partial charge in [0.2, 0.25) is 5.91 Å². The van der Waals surface area contributed by atoms with Gasteiger partial charge in [-0.05, 0) is 73.4 Å². The minimum absolute atomic E-state index is 0.0730. The number of amides is 1. The Labute approximate surface area is 212 Å². The van der Waals surface area contributed by atoms with Gasteiger partial charge in [0.05, 0.1) is 24.8 Å². The van der Waals surface area contributed by atoms with Crippen molar-refractivity contribution in [2.75, 3.05) is 20.3 Å². The molecule has 0 radical (unpaired) electrons. The van der Waals surface area contributed by atoms with Crippen molar-refractivity contribution >= 4 is 16.9 Å². The van der Waals surface area contributed by atoms with E-state index in [1.165, 1.54) is 11.1 Å². The van der Waals surface area contributed by atoms with Crippen LogP contribution in [0, 0.1) is 13.8 Å². The number of hydrogen-bond donors (Lipinski definition) is 0. The van der Waals surface area contributed by atoms with Gasteiger partial charge < -0.3 is 18.9 Å². The number of aryl methyl sites for hydroxylation is 3. The maximum Gasteiger partial charge on any atom is 0.223 e. The molecule has 6 nitrogen and oxygen atoms in total. The number of aromatic nitrogens is 2. The van der Waals surface area contributed by atoms with E-state index in [1.54, 1.807) is 7.11 Å². The van der Waals surface area contributed by atoms with Crippen LogP contribution in [0.3, 0.4) is 0 Å². The highest BCUT2D eigenvalue weighted by Crippen LogP contribution is 2.31. The molecule has 3 aromatic carbocycles. The van der Waals surface area contributed by atoms with E-state index in [9.17, 15) is 4.79 Å². The third-order valence-electron chi connectivity index (χ3n) is 7.07. The van der Waals surface area contributed by atoms with Crippen LogP contribution in [0.15, 0.2) is 66.7 Å². The molecule has 1 unspecified atom stereocenters. The van der Waals surface area contributed by atoms with Crippen LogP contribution in [0.5, 0.6) is 11.5 Å². The fourth-order valence-corrected chi connectivity index (χ4v) is 4.91. The number of methoxy groups -OCH3 is 1. The maximum absolute atomic E-state index is 12.9. The van der Waals surface area contributed by atoms with E-state index < -0.39 is 0 Å². The molecule has 0 N–H and O–H groups in total. The van der Waals surface area contributed by atoms with Crippen molar-refractivity contribution in [3.05, 3.63) is 89.2 Å². The highest BCUT2D eigenvalue weighted by Gasteiger charge is 2.34.